The van der Waals surface area contributed by atoms with Crippen LogP contribution in [0.15, 0.2) is 47.4 Å². The maximum atomic E-state index is 13.4. The molecule has 7 nitrogen and oxygen atoms in total. The first-order valence-corrected chi connectivity index (χ1v) is 11.5. The lowest BCUT2D eigenvalue weighted by Gasteiger charge is -2.23. The average Bonchev–Trinajstić information content (AvgIpc) is 3.34. The quantitative estimate of drug-likeness (QED) is 0.664. The van der Waals surface area contributed by atoms with E-state index < -0.39 is 10.0 Å². The molecule has 2 aromatic carbocycles. The highest BCUT2D eigenvalue weighted by Gasteiger charge is 2.38. The summed E-state index contributed by atoms with van der Waals surface area (Å²) in [7, 11) is -2.29. The molecule has 1 aromatic heterocycles. The monoisotopic (exact) mass is 431 g/mol. The zero-order valence-electron chi connectivity index (χ0n) is 16.1. The summed E-state index contributed by atoms with van der Waals surface area (Å²) in [4.78, 5) is 16.3. The Kier molecular flexibility index (Phi) is 5.28. The van der Waals surface area contributed by atoms with E-state index in [2.05, 4.69) is 10.3 Å². The van der Waals surface area contributed by atoms with E-state index in [4.69, 9.17) is 4.74 Å². The predicted octanol–water partition coefficient (Wildman–Crippen LogP) is 3.79. The van der Waals surface area contributed by atoms with Crippen LogP contribution >= 0.6 is 11.3 Å². The van der Waals surface area contributed by atoms with Gasteiger partial charge in [0.1, 0.15) is 10.8 Å². The van der Waals surface area contributed by atoms with Crippen LogP contribution in [-0.4, -0.2) is 37.3 Å². The summed E-state index contributed by atoms with van der Waals surface area (Å²) in [6.07, 6.45) is 1.50. The van der Waals surface area contributed by atoms with Crippen LogP contribution in [0.1, 0.15) is 30.8 Å². The topological polar surface area (TPSA) is 88.6 Å². The predicted molar refractivity (Wildman–Crippen MR) is 113 cm³/mol. The normalized spacial score (nSPS) is 17.5. The molecule has 0 bridgehead atoms. The number of hydrogen-bond donors (Lipinski definition) is 1. The Morgan fingerprint density at radius 3 is 2.79 bits per heavy atom. The molecule has 4 rings (SSSR count). The van der Waals surface area contributed by atoms with Gasteiger partial charge in [0.15, 0.2) is 0 Å². The first-order valence-electron chi connectivity index (χ1n) is 9.23. The van der Waals surface area contributed by atoms with Gasteiger partial charge in [-0.15, -0.1) is 11.3 Å². The number of sulfonamides is 1. The number of carbonyl (C=O) groups is 1. The molecule has 3 aromatic rings. The molecule has 0 radical (unpaired) electrons. The molecule has 2 heterocycles. The van der Waals surface area contributed by atoms with Gasteiger partial charge in [0.2, 0.25) is 15.9 Å². The van der Waals surface area contributed by atoms with Crippen LogP contribution in [0.2, 0.25) is 0 Å². The minimum Gasteiger partial charge on any atom is -0.495 e. The summed E-state index contributed by atoms with van der Waals surface area (Å²) in [6.45, 7) is 1.80. The van der Waals surface area contributed by atoms with E-state index in [1.165, 1.54) is 41.8 Å². The van der Waals surface area contributed by atoms with Crippen molar-refractivity contribution in [2.45, 2.75) is 30.7 Å². The molecule has 0 saturated carbocycles. The molecular formula is C20H21N3O4S2. The lowest BCUT2D eigenvalue weighted by Crippen LogP contribution is -2.30. The Bertz CT molecular complexity index is 1140. The van der Waals surface area contributed by atoms with Gasteiger partial charge in [-0.1, -0.05) is 12.1 Å². The number of benzene rings is 2. The van der Waals surface area contributed by atoms with E-state index in [-0.39, 0.29) is 16.8 Å². The molecule has 1 aliphatic rings. The molecule has 1 N–H and O–H groups in total. The second-order valence-electron chi connectivity index (χ2n) is 6.84. The SMILES string of the molecule is COc1ccc(S(=O)(=O)N2CCC[C@H]2c2nc3ccccc3s2)cc1NC(C)=O. The van der Waals surface area contributed by atoms with E-state index in [9.17, 15) is 13.2 Å². The van der Waals surface area contributed by atoms with Crippen LogP contribution in [-0.2, 0) is 14.8 Å². The molecule has 0 aliphatic carbocycles. The molecule has 1 aliphatic heterocycles. The van der Waals surface area contributed by atoms with Crippen LogP contribution in [0.25, 0.3) is 10.2 Å². The number of hydrogen-bond acceptors (Lipinski definition) is 6. The Morgan fingerprint density at radius 1 is 1.28 bits per heavy atom. The number of rotatable bonds is 5. The molecule has 1 atom stereocenters. The fourth-order valence-electron chi connectivity index (χ4n) is 3.58. The summed E-state index contributed by atoms with van der Waals surface area (Å²) in [5, 5.41) is 3.44. The maximum absolute atomic E-state index is 13.4. The number of anilines is 1. The number of nitrogens with zero attached hydrogens (tertiary/aromatic N) is 2. The molecule has 0 unspecified atom stereocenters. The van der Waals surface area contributed by atoms with E-state index >= 15 is 0 Å². The number of carbonyl (C=O) groups excluding carboxylic acids is 1. The van der Waals surface area contributed by atoms with Gasteiger partial charge in [0.25, 0.3) is 0 Å². The highest BCUT2D eigenvalue weighted by molar-refractivity contribution is 7.89. The van der Waals surface area contributed by atoms with E-state index in [0.717, 1.165) is 28.1 Å². The van der Waals surface area contributed by atoms with Crippen molar-refractivity contribution < 1.29 is 17.9 Å². The summed E-state index contributed by atoms with van der Waals surface area (Å²) >= 11 is 1.53. The summed E-state index contributed by atoms with van der Waals surface area (Å²) in [5.74, 6) is 0.106. The van der Waals surface area contributed by atoms with Crippen molar-refractivity contribution in [3.63, 3.8) is 0 Å². The third-order valence-electron chi connectivity index (χ3n) is 4.89. The number of fused-ring (bicyclic) bond motifs is 1. The fraction of sp³-hybridized carbons (Fsp3) is 0.300. The van der Waals surface area contributed by atoms with Crippen LogP contribution < -0.4 is 10.1 Å². The summed E-state index contributed by atoms with van der Waals surface area (Å²) < 4.78 is 34.6. The number of methoxy groups -OCH3 is 1. The highest BCUT2D eigenvalue weighted by Crippen LogP contribution is 2.40. The smallest absolute Gasteiger partial charge is 0.243 e. The van der Waals surface area contributed by atoms with Gasteiger partial charge < -0.3 is 10.1 Å². The van der Waals surface area contributed by atoms with Crippen LogP contribution in [0.4, 0.5) is 5.69 Å². The van der Waals surface area contributed by atoms with Crippen molar-refractivity contribution in [2.24, 2.45) is 0 Å². The highest BCUT2D eigenvalue weighted by atomic mass is 32.2. The first-order chi connectivity index (χ1) is 13.9. The lowest BCUT2D eigenvalue weighted by atomic mass is 10.2. The Labute approximate surface area is 173 Å². The molecular weight excluding hydrogens is 410 g/mol. The van der Waals surface area contributed by atoms with Gasteiger partial charge in [-0.05, 0) is 43.2 Å². The van der Waals surface area contributed by atoms with E-state index in [1.807, 2.05) is 24.3 Å². The van der Waals surface area contributed by atoms with Gasteiger partial charge in [-0.2, -0.15) is 4.31 Å². The van der Waals surface area contributed by atoms with Crippen molar-refractivity contribution >= 4 is 43.2 Å². The van der Waals surface area contributed by atoms with Crippen LogP contribution in [0.3, 0.4) is 0 Å². The number of para-hydroxylation sites is 1. The Morgan fingerprint density at radius 2 is 2.07 bits per heavy atom. The van der Waals surface area contributed by atoms with Crippen molar-refractivity contribution in [3.8, 4) is 5.75 Å². The molecule has 1 amide bonds. The first kappa shape index (κ1) is 19.8. The summed E-state index contributed by atoms with van der Waals surface area (Å²) in [6, 6.07) is 12.0. The Hall–Kier alpha value is -2.49. The minimum atomic E-state index is -3.76. The van der Waals surface area contributed by atoms with E-state index in [1.54, 1.807) is 6.07 Å². The molecule has 9 heteroatoms. The molecule has 1 saturated heterocycles. The largest absolute Gasteiger partial charge is 0.495 e. The van der Waals surface area contributed by atoms with Crippen molar-refractivity contribution in [1.29, 1.82) is 0 Å². The maximum Gasteiger partial charge on any atom is 0.243 e. The van der Waals surface area contributed by atoms with Gasteiger partial charge in [-0.25, -0.2) is 13.4 Å². The fourth-order valence-corrected chi connectivity index (χ4v) is 6.45. The molecule has 152 valence electrons. The van der Waals surface area contributed by atoms with Gasteiger partial charge >= 0.3 is 0 Å². The second kappa shape index (κ2) is 7.74. The Balaban J connectivity index is 1.71. The van der Waals surface area contributed by atoms with Gasteiger partial charge in [0, 0.05) is 13.5 Å². The summed E-state index contributed by atoms with van der Waals surface area (Å²) in [5.41, 5.74) is 1.21. The number of nitrogens with one attached hydrogen (secondary N) is 1. The van der Waals surface area contributed by atoms with Gasteiger partial charge in [-0.3, -0.25) is 4.79 Å². The average molecular weight is 432 g/mol. The van der Waals surface area contributed by atoms with Crippen molar-refractivity contribution in [2.75, 3.05) is 19.0 Å². The molecule has 1 fully saturated rings. The number of ether oxygens (including phenoxy) is 1. The number of aromatic nitrogens is 1. The molecule has 0 spiro atoms. The second-order valence-corrected chi connectivity index (χ2v) is 9.79. The zero-order valence-corrected chi connectivity index (χ0v) is 17.7. The van der Waals surface area contributed by atoms with Crippen LogP contribution in [0, 0.1) is 0 Å². The van der Waals surface area contributed by atoms with Gasteiger partial charge in [0.05, 0.1) is 34.0 Å². The number of thiazole rings is 1. The molecule has 29 heavy (non-hydrogen) atoms. The van der Waals surface area contributed by atoms with E-state index in [0.29, 0.717) is 18.0 Å². The third-order valence-corrected chi connectivity index (χ3v) is 7.93. The third kappa shape index (κ3) is 3.73. The van der Waals surface area contributed by atoms with Crippen LogP contribution in [0.5, 0.6) is 5.75 Å². The standard InChI is InChI=1S/C20H21N3O4S2/c1-13(24)21-16-12-14(9-10-18(16)27-2)29(25,26)23-11-5-7-17(23)20-22-15-6-3-4-8-19(15)28-20/h3-4,6,8-10,12,17H,5,7,11H2,1-2H3,(H,21,24)/t17-/m0/s1. The lowest BCUT2D eigenvalue weighted by molar-refractivity contribution is -0.114. The number of amides is 1. The van der Waals surface area contributed by atoms with Crippen molar-refractivity contribution in [3.05, 3.63) is 47.5 Å². The minimum absolute atomic E-state index is 0.120. The zero-order chi connectivity index (χ0) is 20.6. The van der Waals surface area contributed by atoms with Crippen molar-refractivity contribution in [1.82, 2.24) is 9.29 Å².